The minimum Gasteiger partial charge on any atom is -0.440 e. The van der Waals surface area contributed by atoms with E-state index in [9.17, 15) is 10.1 Å². The zero-order chi connectivity index (χ0) is 16.2. The van der Waals surface area contributed by atoms with E-state index < -0.39 is 5.41 Å². The van der Waals surface area contributed by atoms with Gasteiger partial charge in [-0.05, 0) is 12.1 Å². The van der Waals surface area contributed by atoms with E-state index in [0.717, 1.165) is 0 Å². The lowest BCUT2D eigenvalue weighted by molar-refractivity contribution is -0.118. The van der Waals surface area contributed by atoms with Crippen molar-refractivity contribution in [2.75, 3.05) is 11.1 Å². The Morgan fingerprint density at radius 1 is 1.13 bits per heavy atom. The molecule has 2 aliphatic heterocycles. The molecule has 0 aliphatic carbocycles. The molecule has 6 heteroatoms. The van der Waals surface area contributed by atoms with Gasteiger partial charge in [-0.25, -0.2) is 0 Å². The number of carbonyl (C=O) groups is 1. The van der Waals surface area contributed by atoms with Crippen molar-refractivity contribution in [1.82, 2.24) is 0 Å². The molecule has 2 heterocycles. The number of carbonyl (C=O) groups excluding carboxylic acids is 1. The number of benzene rings is 2. The highest BCUT2D eigenvalue weighted by Crippen LogP contribution is 2.53. The molecule has 2 aromatic rings. The van der Waals surface area contributed by atoms with Gasteiger partial charge in [0.25, 0.3) is 0 Å². The van der Waals surface area contributed by atoms with Gasteiger partial charge in [0, 0.05) is 28.6 Å². The molecule has 0 saturated heterocycles. The lowest BCUT2D eigenvalue weighted by Crippen LogP contribution is -2.42. The van der Waals surface area contributed by atoms with Crippen LogP contribution in [0.2, 0.25) is 0 Å². The molecule has 0 fully saturated rings. The van der Waals surface area contributed by atoms with Gasteiger partial charge in [-0.1, -0.05) is 24.3 Å². The summed E-state index contributed by atoms with van der Waals surface area (Å²) in [6.07, 6.45) is 0. The van der Waals surface area contributed by atoms with Crippen molar-refractivity contribution in [2.24, 2.45) is 5.73 Å². The lowest BCUT2D eigenvalue weighted by Gasteiger charge is -2.33. The van der Waals surface area contributed by atoms with Crippen molar-refractivity contribution in [3.05, 3.63) is 65.0 Å². The van der Waals surface area contributed by atoms with Crippen molar-refractivity contribution >= 4 is 17.3 Å². The fourth-order valence-corrected chi connectivity index (χ4v) is 3.33. The molecule has 1 amide bonds. The average molecular weight is 304 g/mol. The molecule has 6 nitrogen and oxygen atoms in total. The van der Waals surface area contributed by atoms with E-state index in [1.807, 2.05) is 18.2 Å². The van der Waals surface area contributed by atoms with Crippen LogP contribution in [0, 0.1) is 11.3 Å². The first-order valence-electron chi connectivity index (χ1n) is 6.98. The normalized spacial score (nSPS) is 21.3. The molecule has 0 bridgehead atoms. The van der Waals surface area contributed by atoms with Crippen LogP contribution in [0.4, 0.5) is 11.4 Å². The van der Waals surface area contributed by atoms with E-state index in [1.54, 1.807) is 24.3 Å². The predicted octanol–water partition coefficient (Wildman–Crippen LogP) is 1.59. The number of amides is 1. The van der Waals surface area contributed by atoms with Gasteiger partial charge < -0.3 is 21.5 Å². The Hall–Kier alpha value is -3.46. The number of rotatable bonds is 0. The van der Waals surface area contributed by atoms with E-state index in [0.29, 0.717) is 28.3 Å². The maximum absolute atomic E-state index is 12.9. The molecule has 23 heavy (non-hydrogen) atoms. The Morgan fingerprint density at radius 3 is 2.70 bits per heavy atom. The van der Waals surface area contributed by atoms with E-state index in [2.05, 4.69) is 11.4 Å². The molecule has 0 radical (unpaired) electrons. The second-order valence-electron chi connectivity index (χ2n) is 5.46. The van der Waals surface area contributed by atoms with Crippen LogP contribution in [0.3, 0.4) is 0 Å². The Labute approximate surface area is 132 Å². The quantitative estimate of drug-likeness (QED) is 0.639. The topological polar surface area (TPSA) is 114 Å². The summed E-state index contributed by atoms with van der Waals surface area (Å²) in [4.78, 5) is 12.9. The maximum atomic E-state index is 12.9. The predicted molar refractivity (Wildman–Crippen MR) is 84.2 cm³/mol. The largest absolute Gasteiger partial charge is 0.440 e. The third kappa shape index (κ3) is 1.48. The summed E-state index contributed by atoms with van der Waals surface area (Å²) in [5.74, 6) is -0.0293. The van der Waals surface area contributed by atoms with Crippen molar-refractivity contribution in [3.63, 3.8) is 0 Å². The van der Waals surface area contributed by atoms with Gasteiger partial charge >= 0.3 is 0 Å². The third-order valence-electron chi connectivity index (χ3n) is 4.28. The first kappa shape index (κ1) is 13.2. The lowest BCUT2D eigenvalue weighted by atomic mass is 9.69. The van der Waals surface area contributed by atoms with E-state index in [4.69, 9.17) is 16.2 Å². The van der Waals surface area contributed by atoms with Crippen molar-refractivity contribution < 1.29 is 9.53 Å². The number of anilines is 2. The molecular formula is C17H12N4O2. The van der Waals surface area contributed by atoms with Crippen LogP contribution in [0.25, 0.3) is 0 Å². The van der Waals surface area contributed by atoms with Crippen molar-refractivity contribution in [2.45, 2.75) is 5.41 Å². The third-order valence-corrected chi connectivity index (χ3v) is 4.28. The van der Waals surface area contributed by atoms with Gasteiger partial charge in [0.2, 0.25) is 11.8 Å². The standard InChI is InChI=1S/C17H12N4O2/c18-8-12-15(20)23-14-7-9(19)5-6-11(14)17(12)10-3-1-2-4-13(10)21-16(17)22/h1-7H,19-20H2,(H,21,22). The summed E-state index contributed by atoms with van der Waals surface area (Å²) in [6, 6.07) is 14.3. The molecular weight excluding hydrogens is 292 g/mol. The summed E-state index contributed by atoms with van der Waals surface area (Å²) in [5, 5.41) is 12.5. The number of nitriles is 1. The number of fused-ring (bicyclic) bond motifs is 4. The van der Waals surface area contributed by atoms with Crippen LogP contribution in [-0.2, 0) is 10.2 Å². The van der Waals surface area contributed by atoms with E-state index in [1.165, 1.54) is 0 Å². The molecule has 5 N–H and O–H groups in total. The van der Waals surface area contributed by atoms with Crippen LogP contribution >= 0.6 is 0 Å². The number of nitrogens with two attached hydrogens (primary N) is 2. The van der Waals surface area contributed by atoms with Crippen LogP contribution in [0.15, 0.2) is 53.9 Å². The zero-order valence-corrected chi connectivity index (χ0v) is 12.0. The van der Waals surface area contributed by atoms with Crippen molar-refractivity contribution in [3.8, 4) is 11.8 Å². The van der Waals surface area contributed by atoms with Gasteiger partial charge in [-0.3, -0.25) is 4.79 Å². The molecule has 1 atom stereocenters. The number of nitrogens with zero attached hydrogens (tertiary/aromatic N) is 1. The van der Waals surface area contributed by atoms with E-state index in [-0.39, 0.29) is 17.4 Å². The highest BCUT2D eigenvalue weighted by Gasteiger charge is 2.56. The smallest absolute Gasteiger partial charge is 0.245 e. The molecule has 112 valence electrons. The fraction of sp³-hybridized carbons (Fsp3) is 0.0588. The Balaban J connectivity index is 2.15. The Bertz CT molecular complexity index is 942. The molecule has 1 spiro atoms. The number of nitrogens with one attached hydrogen (secondary N) is 1. The van der Waals surface area contributed by atoms with Gasteiger partial charge in [-0.2, -0.15) is 5.26 Å². The van der Waals surface area contributed by atoms with Crippen LogP contribution < -0.4 is 21.5 Å². The summed E-state index contributed by atoms with van der Waals surface area (Å²) in [5.41, 5.74) is 12.9. The molecule has 2 aliphatic rings. The molecule has 0 aromatic heterocycles. The summed E-state index contributed by atoms with van der Waals surface area (Å²) in [7, 11) is 0. The minimum atomic E-state index is -1.31. The SMILES string of the molecule is N#CC1=C(N)Oc2cc(N)ccc2C12C(=O)Nc1ccccc12. The van der Waals surface area contributed by atoms with Gasteiger partial charge in [0.15, 0.2) is 0 Å². The molecule has 0 saturated carbocycles. The first-order valence-corrected chi connectivity index (χ1v) is 6.98. The second-order valence-corrected chi connectivity index (χ2v) is 5.46. The average Bonchev–Trinajstić information content (AvgIpc) is 2.81. The van der Waals surface area contributed by atoms with Crippen LogP contribution in [-0.4, -0.2) is 5.91 Å². The summed E-state index contributed by atoms with van der Waals surface area (Å²) < 4.78 is 5.54. The monoisotopic (exact) mass is 304 g/mol. The first-order chi connectivity index (χ1) is 11.1. The van der Waals surface area contributed by atoms with E-state index >= 15 is 0 Å². The zero-order valence-electron chi connectivity index (χ0n) is 12.0. The molecule has 2 aromatic carbocycles. The highest BCUT2D eigenvalue weighted by molar-refractivity contribution is 6.12. The Kier molecular flexibility index (Phi) is 2.46. The number of para-hydroxylation sites is 1. The van der Waals surface area contributed by atoms with Crippen molar-refractivity contribution in [1.29, 1.82) is 5.26 Å². The number of ether oxygens (including phenoxy) is 1. The Morgan fingerprint density at radius 2 is 1.91 bits per heavy atom. The molecule has 1 unspecified atom stereocenters. The van der Waals surface area contributed by atoms with Gasteiger partial charge in [-0.15, -0.1) is 0 Å². The van der Waals surface area contributed by atoms with Gasteiger partial charge in [0.1, 0.15) is 22.8 Å². The maximum Gasteiger partial charge on any atom is 0.245 e. The molecule has 4 rings (SSSR count). The number of nitrogen functional groups attached to an aromatic ring is 1. The van der Waals surface area contributed by atoms with Crippen LogP contribution in [0.1, 0.15) is 11.1 Å². The second kappa shape index (κ2) is 4.27. The minimum absolute atomic E-state index is 0.0808. The van der Waals surface area contributed by atoms with Crippen LogP contribution in [0.5, 0.6) is 5.75 Å². The fourth-order valence-electron chi connectivity index (χ4n) is 3.33. The number of hydrogen-bond donors (Lipinski definition) is 3. The highest BCUT2D eigenvalue weighted by atomic mass is 16.5. The van der Waals surface area contributed by atoms with Gasteiger partial charge in [0.05, 0.1) is 0 Å². The summed E-state index contributed by atoms with van der Waals surface area (Å²) in [6.45, 7) is 0. The summed E-state index contributed by atoms with van der Waals surface area (Å²) >= 11 is 0. The number of hydrogen-bond acceptors (Lipinski definition) is 5.